The minimum Gasteiger partial charge on any atom is -0.391 e. The summed E-state index contributed by atoms with van der Waals surface area (Å²) in [6.45, 7) is 0.411. The van der Waals surface area contributed by atoms with E-state index >= 15 is 0 Å². The Labute approximate surface area is 124 Å². The first-order valence-electron chi connectivity index (χ1n) is 6.68. The molecule has 1 aliphatic rings. The largest absolute Gasteiger partial charge is 0.393 e. The molecule has 1 aliphatic heterocycles. The van der Waals surface area contributed by atoms with E-state index < -0.39 is 30.5 Å². The summed E-state index contributed by atoms with van der Waals surface area (Å²) < 4.78 is 36.7. The molecule has 8 heteroatoms. The molecule has 0 radical (unpaired) electrons. The number of amides is 2. The number of carbonyl (C=O) groups excluding carboxylic acids is 2. The summed E-state index contributed by atoms with van der Waals surface area (Å²) in [5.41, 5.74) is 0.309. The average Bonchev–Trinajstić information content (AvgIpc) is 2.85. The van der Waals surface area contributed by atoms with E-state index in [4.69, 9.17) is 0 Å². The lowest BCUT2D eigenvalue weighted by atomic mass is 10.1. The fourth-order valence-electron chi connectivity index (χ4n) is 2.19. The van der Waals surface area contributed by atoms with Crippen molar-refractivity contribution in [3.8, 4) is 0 Å². The Kier molecular flexibility index (Phi) is 4.70. The molecular formula is C14H15F3N2O3. The Morgan fingerprint density at radius 3 is 2.41 bits per heavy atom. The van der Waals surface area contributed by atoms with Crippen LogP contribution in [-0.2, 0) is 16.0 Å². The Balaban J connectivity index is 1.93. The molecule has 120 valence electrons. The Morgan fingerprint density at radius 1 is 1.27 bits per heavy atom. The number of rotatable bonds is 2. The van der Waals surface area contributed by atoms with Crippen molar-refractivity contribution in [3.05, 3.63) is 29.8 Å². The fourth-order valence-corrected chi connectivity index (χ4v) is 2.19. The summed E-state index contributed by atoms with van der Waals surface area (Å²) >= 11 is 0. The van der Waals surface area contributed by atoms with E-state index in [1.54, 1.807) is 0 Å². The second-order valence-corrected chi connectivity index (χ2v) is 5.14. The highest BCUT2D eigenvalue weighted by molar-refractivity contribution is 6.39. The maximum Gasteiger partial charge on any atom is 0.393 e. The molecule has 1 saturated heterocycles. The number of β-amino-alcohol motifs (C(OH)–C–C–N with tert-alkyl or cyclic N) is 1. The highest BCUT2D eigenvalue weighted by Gasteiger charge is 2.29. The second kappa shape index (κ2) is 6.35. The number of halogens is 3. The van der Waals surface area contributed by atoms with Gasteiger partial charge in [-0.2, -0.15) is 13.2 Å². The fraction of sp³-hybridized carbons (Fsp3) is 0.429. The monoisotopic (exact) mass is 316 g/mol. The lowest BCUT2D eigenvalue weighted by Gasteiger charge is -2.15. The molecule has 0 spiro atoms. The molecule has 0 saturated carbocycles. The molecular weight excluding hydrogens is 301 g/mol. The van der Waals surface area contributed by atoms with Crippen LogP contribution >= 0.6 is 0 Å². The first-order valence-corrected chi connectivity index (χ1v) is 6.68. The molecule has 0 bridgehead atoms. The zero-order valence-corrected chi connectivity index (χ0v) is 11.6. The summed E-state index contributed by atoms with van der Waals surface area (Å²) in [4.78, 5) is 24.8. The van der Waals surface area contributed by atoms with Gasteiger partial charge in [0.15, 0.2) is 0 Å². The van der Waals surface area contributed by atoms with E-state index in [0.29, 0.717) is 13.0 Å². The number of carbonyl (C=O) groups is 2. The number of benzene rings is 1. The Morgan fingerprint density at radius 2 is 1.91 bits per heavy atom. The summed E-state index contributed by atoms with van der Waals surface area (Å²) in [7, 11) is 0. The number of nitrogens with one attached hydrogen (secondary N) is 1. The summed E-state index contributed by atoms with van der Waals surface area (Å²) in [6.07, 6.45) is -5.55. The lowest BCUT2D eigenvalue weighted by Crippen LogP contribution is -2.38. The zero-order chi connectivity index (χ0) is 16.3. The number of hydrogen-bond acceptors (Lipinski definition) is 3. The van der Waals surface area contributed by atoms with Crippen molar-refractivity contribution in [1.82, 2.24) is 4.90 Å². The van der Waals surface area contributed by atoms with Gasteiger partial charge >= 0.3 is 18.0 Å². The van der Waals surface area contributed by atoms with E-state index in [-0.39, 0.29) is 17.8 Å². The summed E-state index contributed by atoms with van der Waals surface area (Å²) in [6, 6.07) is 5.11. The molecule has 1 fully saturated rings. The van der Waals surface area contributed by atoms with Crippen LogP contribution in [0.25, 0.3) is 0 Å². The van der Waals surface area contributed by atoms with Gasteiger partial charge in [-0.05, 0) is 24.1 Å². The molecule has 1 atom stereocenters. The predicted molar refractivity (Wildman–Crippen MR) is 72.0 cm³/mol. The standard InChI is InChI=1S/C14H15F3N2O3/c15-14(16,17)7-9-1-3-10(4-2-9)18-12(21)13(22)19-6-5-11(20)8-19/h1-4,11,20H,5-8H2,(H,18,21)/t11-/m0/s1. The molecule has 0 unspecified atom stereocenters. The van der Waals surface area contributed by atoms with Crippen molar-refractivity contribution in [1.29, 1.82) is 0 Å². The second-order valence-electron chi connectivity index (χ2n) is 5.14. The molecule has 0 aromatic heterocycles. The van der Waals surface area contributed by atoms with Gasteiger partial charge in [-0.25, -0.2) is 0 Å². The number of nitrogens with zero attached hydrogens (tertiary/aromatic N) is 1. The summed E-state index contributed by atoms with van der Waals surface area (Å²) in [5.74, 6) is -1.64. The highest BCUT2D eigenvalue weighted by Crippen LogP contribution is 2.22. The number of hydrogen-bond donors (Lipinski definition) is 2. The van der Waals surface area contributed by atoms with Crippen molar-refractivity contribution >= 4 is 17.5 Å². The molecule has 2 N–H and O–H groups in total. The molecule has 2 rings (SSSR count). The number of likely N-dealkylation sites (tertiary alicyclic amines) is 1. The minimum atomic E-state index is -4.29. The SMILES string of the molecule is O=C(Nc1ccc(CC(F)(F)F)cc1)C(=O)N1CC[C@H](O)C1. The van der Waals surface area contributed by atoms with E-state index in [2.05, 4.69) is 5.32 Å². The van der Waals surface area contributed by atoms with Crippen LogP contribution in [0.4, 0.5) is 18.9 Å². The number of alkyl halides is 3. The normalized spacial score (nSPS) is 18.4. The third-order valence-corrected chi connectivity index (χ3v) is 3.26. The van der Waals surface area contributed by atoms with Gasteiger partial charge in [-0.3, -0.25) is 9.59 Å². The molecule has 22 heavy (non-hydrogen) atoms. The first-order chi connectivity index (χ1) is 10.2. The van der Waals surface area contributed by atoms with Gasteiger partial charge in [0.25, 0.3) is 0 Å². The van der Waals surface area contributed by atoms with Crippen LogP contribution in [0.1, 0.15) is 12.0 Å². The average molecular weight is 316 g/mol. The highest BCUT2D eigenvalue weighted by atomic mass is 19.4. The number of aliphatic hydroxyl groups excluding tert-OH is 1. The van der Waals surface area contributed by atoms with Gasteiger partial charge in [0.1, 0.15) is 0 Å². The molecule has 1 aromatic carbocycles. The molecule has 1 aromatic rings. The van der Waals surface area contributed by atoms with Crippen LogP contribution in [0.3, 0.4) is 0 Å². The van der Waals surface area contributed by atoms with Crippen LogP contribution in [0.15, 0.2) is 24.3 Å². The van der Waals surface area contributed by atoms with E-state index in [1.807, 2.05) is 0 Å². The van der Waals surface area contributed by atoms with E-state index in [0.717, 1.165) is 0 Å². The van der Waals surface area contributed by atoms with Crippen molar-refractivity contribution in [2.75, 3.05) is 18.4 Å². The van der Waals surface area contributed by atoms with Gasteiger partial charge in [-0.15, -0.1) is 0 Å². The van der Waals surface area contributed by atoms with Gasteiger partial charge < -0.3 is 15.3 Å². The van der Waals surface area contributed by atoms with Gasteiger partial charge in [-0.1, -0.05) is 12.1 Å². The van der Waals surface area contributed by atoms with Crippen molar-refractivity contribution in [2.24, 2.45) is 0 Å². The topological polar surface area (TPSA) is 69.6 Å². The summed E-state index contributed by atoms with van der Waals surface area (Å²) in [5, 5.41) is 11.7. The maximum atomic E-state index is 12.2. The van der Waals surface area contributed by atoms with Crippen LogP contribution in [0.2, 0.25) is 0 Å². The number of anilines is 1. The van der Waals surface area contributed by atoms with Crippen LogP contribution in [-0.4, -0.2) is 47.2 Å². The van der Waals surface area contributed by atoms with E-state index in [1.165, 1.54) is 29.2 Å². The van der Waals surface area contributed by atoms with Crippen molar-refractivity contribution < 1.29 is 27.9 Å². The third kappa shape index (κ3) is 4.45. The maximum absolute atomic E-state index is 12.2. The quantitative estimate of drug-likeness (QED) is 0.809. The Hall–Kier alpha value is -2.09. The molecule has 1 heterocycles. The van der Waals surface area contributed by atoms with Crippen LogP contribution < -0.4 is 5.32 Å². The smallest absolute Gasteiger partial charge is 0.391 e. The Bertz CT molecular complexity index is 557. The van der Waals surface area contributed by atoms with Crippen molar-refractivity contribution in [2.45, 2.75) is 25.1 Å². The lowest BCUT2D eigenvalue weighted by molar-refractivity contribution is -0.142. The van der Waals surface area contributed by atoms with Crippen molar-refractivity contribution in [3.63, 3.8) is 0 Å². The van der Waals surface area contributed by atoms with Gasteiger partial charge in [0, 0.05) is 18.8 Å². The predicted octanol–water partition coefficient (Wildman–Crippen LogP) is 1.32. The van der Waals surface area contributed by atoms with Gasteiger partial charge in [0.05, 0.1) is 12.5 Å². The minimum absolute atomic E-state index is 0.0690. The van der Waals surface area contributed by atoms with E-state index in [9.17, 15) is 27.9 Å². The van der Waals surface area contributed by atoms with Crippen LogP contribution in [0.5, 0.6) is 0 Å². The zero-order valence-electron chi connectivity index (χ0n) is 11.6. The molecule has 5 nitrogen and oxygen atoms in total. The number of aliphatic hydroxyl groups is 1. The van der Waals surface area contributed by atoms with Gasteiger partial charge in [0.2, 0.25) is 0 Å². The molecule has 0 aliphatic carbocycles. The first kappa shape index (κ1) is 16.3. The van der Waals surface area contributed by atoms with Crippen LogP contribution in [0, 0.1) is 0 Å². The third-order valence-electron chi connectivity index (χ3n) is 3.26. The molecule has 2 amide bonds.